The standard InChI is InChI=1S/C56H111N2O6P/c1-6-8-10-12-14-16-18-20-22-24-26-28-29-30-32-34-36-38-40-42-44-46-48-50-56(60)57-54(53-64-65(61,62)63-52-51-58(3,4)5)55(59)49-47-45-43-41-39-37-35-33-31-27-25-23-21-19-17-15-13-11-9-7-2/h26,28,30,32,54-55,59H,6-25,27,29,31,33-53H2,1-5H3,(H-,57,60,61,62)/p+1/b28-26-,32-30-. The maximum atomic E-state index is 13.0. The van der Waals surface area contributed by atoms with Gasteiger partial charge in [-0.25, -0.2) is 4.57 Å². The molecule has 3 N–H and O–H groups in total. The van der Waals surface area contributed by atoms with Gasteiger partial charge in [-0.3, -0.25) is 13.8 Å². The summed E-state index contributed by atoms with van der Waals surface area (Å²) in [5, 5.41) is 14.1. The summed E-state index contributed by atoms with van der Waals surface area (Å²) in [6.07, 6.45) is 59.4. The molecule has 1 amide bonds. The first-order chi connectivity index (χ1) is 31.5. The summed E-state index contributed by atoms with van der Waals surface area (Å²) >= 11 is 0. The van der Waals surface area contributed by atoms with Crippen LogP contribution in [0, 0.1) is 0 Å². The lowest BCUT2D eigenvalue weighted by molar-refractivity contribution is -0.870. The van der Waals surface area contributed by atoms with Crippen LogP contribution in [0.2, 0.25) is 0 Å². The molecule has 0 fully saturated rings. The third-order valence-electron chi connectivity index (χ3n) is 13.0. The number of quaternary nitrogens is 1. The fraction of sp³-hybridized carbons (Fsp3) is 0.911. The molecule has 3 unspecified atom stereocenters. The number of hydrogen-bond acceptors (Lipinski definition) is 5. The number of hydrogen-bond donors (Lipinski definition) is 3. The number of phosphoric acid groups is 1. The van der Waals surface area contributed by atoms with Crippen LogP contribution in [0.4, 0.5) is 0 Å². The Balaban J connectivity index is 4.21. The summed E-state index contributed by atoms with van der Waals surface area (Å²) in [5.74, 6) is -0.148. The highest BCUT2D eigenvalue weighted by Crippen LogP contribution is 2.43. The number of amides is 1. The molecule has 9 heteroatoms. The average Bonchev–Trinajstić information content (AvgIpc) is 3.26. The van der Waals surface area contributed by atoms with Gasteiger partial charge in [0.25, 0.3) is 0 Å². The minimum absolute atomic E-state index is 0.0741. The summed E-state index contributed by atoms with van der Waals surface area (Å²) in [7, 11) is 1.62. The van der Waals surface area contributed by atoms with Gasteiger partial charge in [-0.2, -0.15) is 0 Å². The number of carbonyl (C=O) groups is 1. The Hall–Kier alpha value is -1.02. The van der Waals surface area contributed by atoms with Crippen molar-refractivity contribution in [2.45, 2.75) is 289 Å². The molecule has 3 atom stereocenters. The van der Waals surface area contributed by atoms with E-state index in [9.17, 15) is 19.4 Å². The van der Waals surface area contributed by atoms with E-state index in [4.69, 9.17) is 9.05 Å². The second kappa shape index (κ2) is 48.0. The number of likely N-dealkylation sites (N-methyl/N-ethyl adjacent to an activating group) is 1. The maximum absolute atomic E-state index is 13.0. The molecule has 0 aromatic carbocycles. The molecule has 0 bridgehead atoms. The number of nitrogens with one attached hydrogen (secondary N) is 1. The fourth-order valence-corrected chi connectivity index (χ4v) is 9.23. The van der Waals surface area contributed by atoms with E-state index in [0.717, 1.165) is 51.4 Å². The first-order valence-corrected chi connectivity index (χ1v) is 29.7. The normalized spacial score (nSPS) is 14.1. The first kappa shape index (κ1) is 64.0. The number of unbranched alkanes of at least 4 members (excludes halogenated alkanes) is 35. The van der Waals surface area contributed by atoms with Gasteiger partial charge in [0.15, 0.2) is 0 Å². The van der Waals surface area contributed by atoms with Gasteiger partial charge in [0.2, 0.25) is 5.91 Å². The number of carbonyl (C=O) groups excluding carboxylic acids is 1. The Morgan fingerprint density at radius 1 is 0.523 bits per heavy atom. The van der Waals surface area contributed by atoms with Crippen LogP contribution in [0.3, 0.4) is 0 Å². The molecule has 0 aliphatic rings. The van der Waals surface area contributed by atoms with Crippen molar-refractivity contribution in [3.63, 3.8) is 0 Å². The lowest BCUT2D eigenvalue weighted by Crippen LogP contribution is -2.46. The van der Waals surface area contributed by atoms with Crippen molar-refractivity contribution in [3.8, 4) is 0 Å². The van der Waals surface area contributed by atoms with Crippen LogP contribution < -0.4 is 5.32 Å². The second-order valence-electron chi connectivity index (χ2n) is 20.7. The minimum Gasteiger partial charge on any atom is -0.391 e. The molecule has 65 heavy (non-hydrogen) atoms. The predicted molar refractivity (Wildman–Crippen MR) is 281 cm³/mol. The molecule has 0 aromatic rings. The largest absolute Gasteiger partial charge is 0.472 e. The molecule has 0 aliphatic carbocycles. The Kier molecular flexibility index (Phi) is 47.3. The third-order valence-corrected chi connectivity index (χ3v) is 13.9. The molecular formula is C56H112N2O6P+. The molecule has 0 heterocycles. The lowest BCUT2D eigenvalue weighted by Gasteiger charge is -2.26. The van der Waals surface area contributed by atoms with Crippen LogP contribution in [-0.2, 0) is 18.4 Å². The minimum atomic E-state index is -4.32. The van der Waals surface area contributed by atoms with E-state index in [-0.39, 0.29) is 19.1 Å². The molecule has 0 radical (unpaired) electrons. The van der Waals surface area contributed by atoms with Gasteiger partial charge in [0.1, 0.15) is 13.2 Å². The number of allylic oxidation sites excluding steroid dienone is 4. The van der Waals surface area contributed by atoms with E-state index in [0.29, 0.717) is 23.9 Å². The molecule has 0 aliphatic heterocycles. The lowest BCUT2D eigenvalue weighted by atomic mass is 10.0. The zero-order valence-corrected chi connectivity index (χ0v) is 44.9. The molecule has 0 aromatic heterocycles. The van der Waals surface area contributed by atoms with Gasteiger partial charge in [0, 0.05) is 6.42 Å². The number of aliphatic hydroxyl groups excluding tert-OH is 1. The quantitative estimate of drug-likeness (QED) is 0.0243. The van der Waals surface area contributed by atoms with Crippen LogP contribution in [-0.4, -0.2) is 73.4 Å². The second-order valence-corrected chi connectivity index (χ2v) is 22.1. The van der Waals surface area contributed by atoms with Gasteiger partial charge in [-0.1, -0.05) is 250 Å². The van der Waals surface area contributed by atoms with Gasteiger partial charge >= 0.3 is 7.82 Å². The summed E-state index contributed by atoms with van der Waals surface area (Å²) in [6, 6.07) is -0.764. The predicted octanol–water partition coefficient (Wildman–Crippen LogP) is 16.8. The number of aliphatic hydroxyl groups is 1. The highest BCUT2D eigenvalue weighted by molar-refractivity contribution is 7.47. The van der Waals surface area contributed by atoms with E-state index >= 15 is 0 Å². The third kappa shape index (κ3) is 50.7. The van der Waals surface area contributed by atoms with Crippen molar-refractivity contribution in [2.75, 3.05) is 40.9 Å². The first-order valence-electron chi connectivity index (χ1n) is 28.2. The van der Waals surface area contributed by atoms with Gasteiger partial charge in [0.05, 0.1) is 39.9 Å². The SMILES string of the molecule is CCCCCCCCCCC/C=C\C/C=C\CCCCCCCCCC(=O)NC(COP(=O)(O)OCC[N+](C)(C)C)C(O)CCCCCCCCCCCCCCCCCCCCCC. The van der Waals surface area contributed by atoms with Crippen molar-refractivity contribution < 1.29 is 32.9 Å². The number of nitrogens with zero attached hydrogens (tertiary/aromatic N) is 1. The number of phosphoric ester groups is 1. The van der Waals surface area contributed by atoms with E-state index in [2.05, 4.69) is 43.5 Å². The van der Waals surface area contributed by atoms with Crippen molar-refractivity contribution in [3.05, 3.63) is 24.3 Å². The van der Waals surface area contributed by atoms with Crippen LogP contribution in [0.1, 0.15) is 277 Å². The van der Waals surface area contributed by atoms with Crippen molar-refractivity contribution in [1.29, 1.82) is 0 Å². The van der Waals surface area contributed by atoms with E-state index in [1.807, 2.05) is 21.1 Å². The van der Waals surface area contributed by atoms with Gasteiger partial charge in [-0.15, -0.1) is 0 Å². The zero-order chi connectivity index (χ0) is 47.8. The summed E-state index contributed by atoms with van der Waals surface area (Å²) in [6.45, 7) is 4.92. The zero-order valence-electron chi connectivity index (χ0n) is 44.0. The topological polar surface area (TPSA) is 105 Å². The summed E-state index contributed by atoms with van der Waals surface area (Å²) < 4.78 is 23.8. The van der Waals surface area contributed by atoms with Gasteiger partial charge in [-0.05, 0) is 44.9 Å². The molecule has 0 rings (SSSR count). The Morgan fingerprint density at radius 3 is 1.26 bits per heavy atom. The average molecular weight is 940 g/mol. The molecular weight excluding hydrogens is 828 g/mol. The summed E-state index contributed by atoms with van der Waals surface area (Å²) in [5.41, 5.74) is 0. The van der Waals surface area contributed by atoms with Crippen molar-refractivity contribution in [1.82, 2.24) is 5.32 Å². The van der Waals surface area contributed by atoms with E-state index < -0.39 is 20.0 Å². The highest BCUT2D eigenvalue weighted by atomic mass is 31.2. The Morgan fingerprint density at radius 2 is 0.877 bits per heavy atom. The highest BCUT2D eigenvalue weighted by Gasteiger charge is 2.28. The Bertz CT molecular complexity index is 1110. The van der Waals surface area contributed by atoms with Crippen LogP contribution in [0.5, 0.6) is 0 Å². The fourth-order valence-electron chi connectivity index (χ4n) is 8.49. The van der Waals surface area contributed by atoms with E-state index in [1.54, 1.807) is 0 Å². The van der Waals surface area contributed by atoms with Crippen LogP contribution in [0.15, 0.2) is 24.3 Å². The van der Waals surface area contributed by atoms with Crippen LogP contribution >= 0.6 is 7.82 Å². The van der Waals surface area contributed by atoms with Crippen molar-refractivity contribution in [2.24, 2.45) is 0 Å². The maximum Gasteiger partial charge on any atom is 0.472 e. The Labute approximate surface area is 404 Å². The molecule has 386 valence electrons. The van der Waals surface area contributed by atoms with Crippen molar-refractivity contribution >= 4 is 13.7 Å². The molecule has 0 saturated carbocycles. The van der Waals surface area contributed by atoms with Crippen LogP contribution in [0.25, 0.3) is 0 Å². The monoisotopic (exact) mass is 940 g/mol. The number of rotatable bonds is 52. The molecule has 0 spiro atoms. The smallest absolute Gasteiger partial charge is 0.391 e. The van der Waals surface area contributed by atoms with Gasteiger partial charge < -0.3 is 19.8 Å². The summed E-state index contributed by atoms with van der Waals surface area (Å²) in [4.78, 5) is 23.3. The van der Waals surface area contributed by atoms with E-state index in [1.165, 1.54) is 199 Å². The molecule has 0 saturated heterocycles. The molecule has 8 nitrogen and oxygen atoms in total.